The molecule has 0 bridgehead atoms. The molecule has 6 rings (SSSR count). The molecule has 6 heteroatoms. The number of amides is 4. The van der Waals surface area contributed by atoms with Gasteiger partial charge in [-0.15, -0.1) is 0 Å². The summed E-state index contributed by atoms with van der Waals surface area (Å²) in [5, 5.41) is 0. The Kier molecular flexibility index (Phi) is 5.28. The van der Waals surface area contributed by atoms with Crippen molar-refractivity contribution in [3.63, 3.8) is 0 Å². The molecule has 0 aliphatic carbocycles. The Morgan fingerprint density at radius 2 is 1.14 bits per heavy atom. The fourth-order valence-electron chi connectivity index (χ4n) is 4.93. The van der Waals surface area contributed by atoms with Gasteiger partial charge in [0.2, 0.25) is 0 Å². The molecule has 0 aromatic heterocycles. The molecule has 4 amide bonds. The molecule has 4 aromatic carbocycles. The quantitative estimate of drug-likeness (QED) is 0.372. The average Bonchev–Trinajstić information content (AvgIpc) is 2.90. The van der Waals surface area contributed by atoms with Gasteiger partial charge in [0.05, 0.1) is 11.4 Å². The van der Waals surface area contributed by atoms with Crippen molar-refractivity contribution in [1.29, 1.82) is 0 Å². The van der Waals surface area contributed by atoms with Crippen LogP contribution in [-0.2, 0) is 13.1 Å². The van der Waals surface area contributed by atoms with Crippen molar-refractivity contribution >= 4 is 29.1 Å². The van der Waals surface area contributed by atoms with Crippen molar-refractivity contribution in [3.05, 3.63) is 126 Å². The van der Waals surface area contributed by atoms with E-state index >= 15 is 0 Å². The second kappa shape index (κ2) is 8.74. The summed E-state index contributed by atoms with van der Waals surface area (Å²) in [4.78, 5) is 35.1. The second-order valence-corrected chi connectivity index (χ2v) is 8.68. The van der Waals surface area contributed by atoms with E-state index in [1.165, 1.54) is 4.90 Å². The predicted octanol–water partition coefficient (Wildman–Crippen LogP) is 6.06. The van der Waals surface area contributed by atoms with Crippen LogP contribution in [0, 0.1) is 0 Å². The molecule has 1 unspecified atom stereocenters. The predicted molar refractivity (Wildman–Crippen MR) is 137 cm³/mol. The number of nitrogens with zero attached hydrogens (tertiary/aromatic N) is 4. The molecule has 0 spiro atoms. The number of anilines is 3. The van der Waals surface area contributed by atoms with E-state index in [0.29, 0.717) is 18.8 Å². The maximum absolute atomic E-state index is 14.1. The monoisotopic (exact) mass is 460 g/mol. The van der Waals surface area contributed by atoms with Crippen LogP contribution in [0.4, 0.5) is 26.7 Å². The van der Waals surface area contributed by atoms with E-state index in [0.717, 1.165) is 22.5 Å². The molecule has 1 atom stereocenters. The lowest BCUT2D eigenvalue weighted by Crippen LogP contribution is -2.73. The average molecular weight is 461 g/mol. The number of imide groups is 1. The highest BCUT2D eigenvalue weighted by Gasteiger charge is 2.51. The van der Waals surface area contributed by atoms with E-state index < -0.39 is 6.29 Å². The first-order valence-electron chi connectivity index (χ1n) is 11.6. The van der Waals surface area contributed by atoms with Crippen LogP contribution in [0.2, 0.25) is 0 Å². The number of para-hydroxylation sites is 3. The summed E-state index contributed by atoms with van der Waals surface area (Å²) >= 11 is 0. The number of carbonyl (C=O) groups excluding carboxylic acids is 2. The first-order valence-corrected chi connectivity index (χ1v) is 11.6. The molecular weight excluding hydrogens is 436 g/mol. The van der Waals surface area contributed by atoms with E-state index in [1.54, 1.807) is 21.9 Å². The minimum absolute atomic E-state index is 0.358. The number of urea groups is 2. The smallest absolute Gasteiger partial charge is 0.258 e. The number of benzene rings is 4. The van der Waals surface area contributed by atoms with Gasteiger partial charge >= 0.3 is 12.1 Å². The van der Waals surface area contributed by atoms with Gasteiger partial charge in [-0.05, 0) is 41.5 Å². The molecule has 2 aliphatic rings. The Morgan fingerprint density at radius 1 is 0.600 bits per heavy atom. The Bertz CT molecular complexity index is 1360. The molecule has 172 valence electrons. The first-order chi connectivity index (χ1) is 17.2. The van der Waals surface area contributed by atoms with Gasteiger partial charge in [-0.1, -0.05) is 84.9 Å². The Balaban J connectivity index is 1.54. The molecular formula is C29H24N4O2. The Labute approximate surface area is 204 Å². The maximum Gasteiger partial charge on any atom is 0.340 e. The lowest BCUT2D eigenvalue weighted by atomic mass is 10.1. The van der Waals surface area contributed by atoms with Gasteiger partial charge < -0.3 is 0 Å². The molecule has 0 N–H and O–H groups in total. The van der Waals surface area contributed by atoms with Crippen LogP contribution in [0.15, 0.2) is 115 Å². The lowest BCUT2D eigenvalue weighted by molar-refractivity contribution is 0.150. The highest BCUT2D eigenvalue weighted by atomic mass is 16.2. The molecule has 4 aromatic rings. The first kappa shape index (κ1) is 21.1. The summed E-state index contributed by atoms with van der Waals surface area (Å²) in [5.41, 5.74) is 4.26. The molecule has 1 fully saturated rings. The lowest BCUT2D eigenvalue weighted by Gasteiger charge is -2.53. The zero-order chi connectivity index (χ0) is 23.8. The number of rotatable bonds is 4. The summed E-state index contributed by atoms with van der Waals surface area (Å²) in [6.07, 6.45) is -0.604. The third-order valence-corrected chi connectivity index (χ3v) is 6.49. The van der Waals surface area contributed by atoms with E-state index in [9.17, 15) is 9.59 Å². The zero-order valence-corrected chi connectivity index (χ0v) is 19.1. The molecule has 0 radical (unpaired) electrons. The highest BCUT2D eigenvalue weighted by molar-refractivity contribution is 6.26. The summed E-state index contributed by atoms with van der Waals surface area (Å²) in [5.74, 6) is 0. The SMILES string of the molecule is O=C1N(c2ccccc2)C(=O)N2c3ccccc3CN(Cc3ccccc3)C2N1c1ccccc1. The Morgan fingerprint density at radius 3 is 1.83 bits per heavy atom. The number of hydrogen-bond acceptors (Lipinski definition) is 3. The second-order valence-electron chi connectivity index (χ2n) is 8.68. The van der Waals surface area contributed by atoms with Crippen molar-refractivity contribution in [3.8, 4) is 0 Å². The topological polar surface area (TPSA) is 47.1 Å². The number of carbonyl (C=O) groups is 2. The van der Waals surface area contributed by atoms with Gasteiger partial charge in [0, 0.05) is 18.8 Å². The van der Waals surface area contributed by atoms with Crippen LogP contribution in [0.3, 0.4) is 0 Å². The molecule has 35 heavy (non-hydrogen) atoms. The summed E-state index contributed by atoms with van der Waals surface area (Å²) in [6, 6.07) is 36.0. The van der Waals surface area contributed by atoms with Crippen LogP contribution < -0.4 is 14.7 Å². The van der Waals surface area contributed by atoms with Crippen LogP contribution in [0.5, 0.6) is 0 Å². The van der Waals surface area contributed by atoms with E-state index in [-0.39, 0.29) is 12.1 Å². The van der Waals surface area contributed by atoms with Crippen LogP contribution in [-0.4, -0.2) is 23.3 Å². The fraction of sp³-hybridized carbons (Fsp3) is 0.103. The van der Waals surface area contributed by atoms with Crippen molar-refractivity contribution in [2.45, 2.75) is 19.4 Å². The van der Waals surface area contributed by atoms with Gasteiger partial charge in [-0.3, -0.25) is 14.7 Å². The van der Waals surface area contributed by atoms with Crippen molar-refractivity contribution in [2.24, 2.45) is 0 Å². The van der Waals surface area contributed by atoms with Gasteiger partial charge in [0.25, 0.3) is 0 Å². The van der Waals surface area contributed by atoms with Crippen molar-refractivity contribution in [2.75, 3.05) is 14.7 Å². The third kappa shape index (κ3) is 3.64. The van der Waals surface area contributed by atoms with Gasteiger partial charge in [0.1, 0.15) is 0 Å². The summed E-state index contributed by atoms with van der Waals surface area (Å²) < 4.78 is 0. The summed E-state index contributed by atoms with van der Waals surface area (Å²) in [7, 11) is 0. The van der Waals surface area contributed by atoms with E-state index in [2.05, 4.69) is 17.0 Å². The van der Waals surface area contributed by atoms with E-state index in [4.69, 9.17) is 0 Å². The van der Waals surface area contributed by atoms with Crippen LogP contribution in [0.25, 0.3) is 0 Å². The summed E-state index contributed by atoms with van der Waals surface area (Å²) in [6.45, 7) is 1.20. The van der Waals surface area contributed by atoms with Gasteiger partial charge in [0.15, 0.2) is 6.29 Å². The maximum atomic E-state index is 14.1. The standard InChI is InChI=1S/C29H24N4O2/c34-28-31(24-15-6-2-7-16-24)27-30(20-22-12-4-1-5-13-22)21-23-14-10-11-19-26(23)33(27)29(35)32(28)25-17-8-3-9-18-25/h1-19,27H,20-21H2. The molecule has 0 saturated carbocycles. The Hall–Kier alpha value is -4.42. The van der Waals surface area contributed by atoms with Gasteiger partial charge in [-0.25, -0.2) is 14.5 Å². The van der Waals surface area contributed by atoms with E-state index in [1.807, 2.05) is 91.0 Å². The highest BCUT2D eigenvalue weighted by Crippen LogP contribution is 2.40. The van der Waals surface area contributed by atoms with Crippen LogP contribution >= 0.6 is 0 Å². The van der Waals surface area contributed by atoms with Crippen molar-refractivity contribution < 1.29 is 9.59 Å². The minimum Gasteiger partial charge on any atom is -0.258 e. The van der Waals surface area contributed by atoms with Crippen LogP contribution in [0.1, 0.15) is 11.1 Å². The minimum atomic E-state index is -0.604. The molecule has 2 aliphatic heterocycles. The van der Waals surface area contributed by atoms with Crippen molar-refractivity contribution in [1.82, 2.24) is 4.90 Å². The third-order valence-electron chi connectivity index (χ3n) is 6.49. The fourth-order valence-corrected chi connectivity index (χ4v) is 4.93. The molecule has 6 nitrogen and oxygen atoms in total. The molecule has 1 saturated heterocycles. The molecule has 2 heterocycles. The largest absolute Gasteiger partial charge is 0.340 e. The normalized spacial score (nSPS) is 17.8. The zero-order valence-electron chi connectivity index (χ0n) is 19.1. The van der Waals surface area contributed by atoms with Gasteiger partial charge in [-0.2, -0.15) is 0 Å². The number of hydrogen-bond donors (Lipinski definition) is 0. The number of fused-ring (bicyclic) bond motifs is 3.